The summed E-state index contributed by atoms with van der Waals surface area (Å²) in [5, 5.41) is 7.61. The zero-order chi connectivity index (χ0) is 22.0. The molecule has 4 rings (SSSR count). The number of benzene rings is 2. The third kappa shape index (κ3) is 4.42. The molecule has 1 N–H and O–H groups in total. The van der Waals surface area contributed by atoms with Gasteiger partial charge in [0.2, 0.25) is 0 Å². The number of aromatic nitrogens is 3. The van der Waals surface area contributed by atoms with Gasteiger partial charge in [-0.25, -0.2) is 4.98 Å². The Labute approximate surface area is 188 Å². The highest BCUT2D eigenvalue weighted by molar-refractivity contribution is 6.39. The first-order chi connectivity index (χ1) is 14.9. The predicted octanol–water partition coefficient (Wildman–Crippen LogP) is 5.52. The highest BCUT2D eigenvalue weighted by Crippen LogP contribution is 2.37. The van der Waals surface area contributed by atoms with Crippen molar-refractivity contribution in [1.29, 1.82) is 0 Å². The van der Waals surface area contributed by atoms with Gasteiger partial charge in [0.05, 0.1) is 10.0 Å². The molecule has 1 amide bonds. The summed E-state index contributed by atoms with van der Waals surface area (Å²) in [6.45, 7) is 2.00. The van der Waals surface area contributed by atoms with Crippen molar-refractivity contribution in [3.63, 3.8) is 0 Å². The highest BCUT2D eigenvalue weighted by Gasteiger charge is 2.25. The Morgan fingerprint density at radius 3 is 2.52 bits per heavy atom. The zero-order valence-corrected chi connectivity index (χ0v) is 18.2. The van der Waals surface area contributed by atoms with E-state index in [1.165, 1.54) is 0 Å². The molecule has 0 aliphatic rings. The quantitative estimate of drug-likeness (QED) is 0.412. The first kappa shape index (κ1) is 21.0. The fourth-order valence-corrected chi connectivity index (χ4v) is 3.62. The third-order valence-electron chi connectivity index (χ3n) is 4.69. The summed E-state index contributed by atoms with van der Waals surface area (Å²) < 4.78 is 12.9. The number of nitrogens with zero attached hydrogens (tertiary/aromatic N) is 3. The maximum Gasteiger partial charge on any atom is 0.261 e. The van der Waals surface area contributed by atoms with E-state index in [2.05, 4.69) is 15.5 Å². The molecule has 4 aromatic rings. The lowest BCUT2D eigenvalue weighted by Crippen LogP contribution is -2.13. The molecular weight excluding hydrogens is 439 g/mol. The molecule has 0 aliphatic heterocycles. The van der Waals surface area contributed by atoms with E-state index in [0.29, 0.717) is 45.1 Å². The molecule has 0 fully saturated rings. The van der Waals surface area contributed by atoms with Crippen LogP contribution in [0.2, 0.25) is 10.0 Å². The van der Waals surface area contributed by atoms with Crippen molar-refractivity contribution in [2.45, 2.75) is 13.5 Å². The molecule has 7 nitrogen and oxygen atoms in total. The van der Waals surface area contributed by atoms with E-state index in [1.807, 2.05) is 17.8 Å². The number of nitrogens with one attached hydrogen (secondary N) is 1. The lowest BCUT2D eigenvalue weighted by Gasteiger charge is -2.09. The number of hydrogen-bond donors (Lipinski definition) is 1. The number of carbonyl (C=O) groups is 1. The van der Waals surface area contributed by atoms with Crippen LogP contribution in [0.5, 0.6) is 5.75 Å². The number of ether oxygens (including phenoxy) is 1. The Balaban J connectivity index is 1.50. The van der Waals surface area contributed by atoms with Crippen LogP contribution in [0.15, 0.2) is 59.4 Å². The van der Waals surface area contributed by atoms with Crippen LogP contribution in [0.3, 0.4) is 0 Å². The normalized spacial score (nSPS) is 10.8. The van der Waals surface area contributed by atoms with Crippen molar-refractivity contribution < 1.29 is 14.1 Å². The van der Waals surface area contributed by atoms with Gasteiger partial charge in [-0.05, 0) is 43.3 Å². The molecule has 2 heterocycles. The molecule has 0 unspecified atom stereocenters. The summed E-state index contributed by atoms with van der Waals surface area (Å²) in [6, 6.07) is 12.1. The first-order valence-electron chi connectivity index (χ1n) is 9.35. The topological polar surface area (TPSA) is 82.2 Å². The van der Waals surface area contributed by atoms with Crippen molar-refractivity contribution in [1.82, 2.24) is 14.7 Å². The van der Waals surface area contributed by atoms with Crippen LogP contribution in [-0.2, 0) is 13.7 Å². The third-order valence-corrected chi connectivity index (χ3v) is 5.32. The van der Waals surface area contributed by atoms with E-state index in [1.54, 1.807) is 55.6 Å². The lowest BCUT2D eigenvalue weighted by atomic mass is 10.1. The minimum Gasteiger partial charge on any atom is -0.486 e. The SMILES string of the molecule is Cc1onc(-c2c(Cl)cccc2Cl)c1C(=O)Nc1ccc(OCc2nccn2C)cc1. The fourth-order valence-electron chi connectivity index (χ4n) is 3.05. The fraction of sp³-hybridized carbons (Fsp3) is 0.136. The van der Waals surface area contributed by atoms with E-state index >= 15 is 0 Å². The second-order valence-electron chi connectivity index (χ2n) is 6.78. The van der Waals surface area contributed by atoms with Crippen LogP contribution < -0.4 is 10.1 Å². The summed E-state index contributed by atoms with van der Waals surface area (Å²) in [5.41, 5.74) is 1.60. The molecule has 0 spiro atoms. The summed E-state index contributed by atoms with van der Waals surface area (Å²) in [4.78, 5) is 17.2. The van der Waals surface area contributed by atoms with Gasteiger partial charge < -0.3 is 19.1 Å². The van der Waals surface area contributed by atoms with E-state index in [-0.39, 0.29) is 11.5 Å². The minimum absolute atomic E-state index is 0.269. The summed E-state index contributed by atoms with van der Waals surface area (Å²) >= 11 is 12.6. The van der Waals surface area contributed by atoms with Gasteiger partial charge in [0.1, 0.15) is 35.2 Å². The smallest absolute Gasteiger partial charge is 0.261 e. The Morgan fingerprint density at radius 1 is 1.16 bits per heavy atom. The lowest BCUT2D eigenvalue weighted by molar-refractivity contribution is 0.102. The minimum atomic E-state index is -0.383. The standard InChI is InChI=1S/C22H18Cl2N4O3/c1-13-19(21(27-31-13)20-16(23)4-3-5-17(20)24)22(29)26-14-6-8-15(9-7-14)30-12-18-25-10-11-28(18)2/h3-11H,12H2,1-2H3,(H,26,29). The molecule has 2 aromatic carbocycles. The molecule has 0 aliphatic carbocycles. The first-order valence-corrected chi connectivity index (χ1v) is 10.1. The van der Waals surface area contributed by atoms with Crippen LogP contribution in [0, 0.1) is 6.92 Å². The van der Waals surface area contributed by atoms with Gasteiger partial charge in [-0.15, -0.1) is 0 Å². The number of hydrogen-bond acceptors (Lipinski definition) is 5. The van der Waals surface area contributed by atoms with Crippen LogP contribution in [0.1, 0.15) is 21.9 Å². The highest BCUT2D eigenvalue weighted by atomic mass is 35.5. The van der Waals surface area contributed by atoms with Gasteiger partial charge in [-0.3, -0.25) is 4.79 Å². The van der Waals surface area contributed by atoms with Crippen molar-refractivity contribution >= 4 is 34.8 Å². The molecule has 0 saturated carbocycles. The van der Waals surface area contributed by atoms with Gasteiger partial charge in [-0.1, -0.05) is 34.4 Å². The van der Waals surface area contributed by atoms with Gasteiger partial charge in [0.25, 0.3) is 5.91 Å². The van der Waals surface area contributed by atoms with Gasteiger partial charge >= 0.3 is 0 Å². The Morgan fingerprint density at radius 2 is 1.87 bits per heavy atom. The Bertz CT molecular complexity index is 1210. The molecule has 158 valence electrons. The largest absolute Gasteiger partial charge is 0.486 e. The number of carbonyl (C=O) groups excluding carboxylic acids is 1. The molecule has 0 bridgehead atoms. The van der Waals surface area contributed by atoms with Crippen LogP contribution >= 0.6 is 23.2 Å². The molecule has 9 heteroatoms. The van der Waals surface area contributed by atoms with Crippen LogP contribution in [0.4, 0.5) is 5.69 Å². The van der Waals surface area contributed by atoms with Crippen LogP contribution in [-0.4, -0.2) is 20.6 Å². The molecule has 2 aromatic heterocycles. The number of rotatable bonds is 6. The van der Waals surface area contributed by atoms with Gasteiger partial charge in [0, 0.05) is 30.7 Å². The maximum absolute atomic E-state index is 13.0. The Kier molecular flexibility index (Phi) is 5.97. The summed E-state index contributed by atoms with van der Waals surface area (Å²) in [7, 11) is 1.90. The monoisotopic (exact) mass is 456 g/mol. The van der Waals surface area contributed by atoms with Crippen molar-refractivity contribution in [2.75, 3.05) is 5.32 Å². The van der Waals surface area contributed by atoms with E-state index in [9.17, 15) is 4.79 Å². The predicted molar refractivity (Wildman–Crippen MR) is 119 cm³/mol. The van der Waals surface area contributed by atoms with E-state index < -0.39 is 0 Å². The average molecular weight is 457 g/mol. The van der Waals surface area contributed by atoms with Crippen molar-refractivity contribution in [3.05, 3.63) is 82.1 Å². The number of halogens is 2. The molecule has 31 heavy (non-hydrogen) atoms. The number of imidazole rings is 1. The second kappa shape index (κ2) is 8.83. The molecule has 0 radical (unpaired) electrons. The van der Waals surface area contributed by atoms with Crippen LogP contribution in [0.25, 0.3) is 11.3 Å². The van der Waals surface area contributed by atoms with Crippen molar-refractivity contribution in [2.24, 2.45) is 7.05 Å². The summed E-state index contributed by atoms with van der Waals surface area (Å²) in [6.07, 6.45) is 3.57. The summed E-state index contributed by atoms with van der Waals surface area (Å²) in [5.74, 6) is 1.45. The molecule has 0 saturated heterocycles. The maximum atomic E-state index is 13.0. The van der Waals surface area contributed by atoms with Gasteiger partial charge in [0.15, 0.2) is 0 Å². The zero-order valence-electron chi connectivity index (χ0n) is 16.7. The second-order valence-corrected chi connectivity index (χ2v) is 7.59. The number of amides is 1. The molecule has 0 atom stereocenters. The van der Waals surface area contributed by atoms with E-state index in [0.717, 1.165) is 5.82 Å². The van der Waals surface area contributed by atoms with E-state index in [4.69, 9.17) is 32.5 Å². The van der Waals surface area contributed by atoms with Crippen molar-refractivity contribution in [3.8, 4) is 17.0 Å². The van der Waals surface area contributed by atoms with Gasteiger partial charge in [-0.2, -0.15) is 0 Å². The number of aryl methyl sites for hydroxylation is 2. The average Bonchev–Trinajstić information content (AvgIpc) is 3.32. The number of anilines is 1. The Hall–Kier alpha value is -3.29. The molecular formula is C22H18Cl2N4O3.